The normalized spacial score (nSPS) is 9.66. The Balaban J connectivity index is 0.000000220. The van der Waals surface area contributed by atoms with E-state index in [4.69, 9.17) is 0 Å². The molecule has 0 unspecified atom stereocenters. The smallest absolute Gasteiger partial charge is 0.0279 e. The number of benzene rings is 3. The molecule has 0 fully saturated rings. The Morgan fingerprint density at radius 1 is 0.448 bits per heavy atom. The number of hydrogen-bond acceptors (Lipinski definition) is 0. The molecular formula is C29H40. The van der Waals surface area contributed by atoms with Crippen molar-refractivity contribution < 1.29 is 0 Å². The molecule has 0 heterocycles. The number of hydrogen-bond donors (Lipinski definition) is 0. The fraction of sp³-hybridized carbons (Fsp3) is 0.379. The zero-order valence-electron chi connectivity index (χ0n) is 19.0. The van der Waals surface area contributed by atoms with Gasteiger partial charge < -0.3 is 0 Å². The Morgan fingerprint density at radius 3 is 1.28 bits per heavy atom. The van der Waals surface area contributed by atoms with Crippen LogP contribution in [0.15, 0.2) is 84.9 Å². The van der Waals surface area contributed by atoms with Gasteiger partial charge in [0.05, 0.1) is 0 Å². The van der Waals surface area contributed by atoms with Crippen molar-refractivity contribution in [1.82, 2.24) is 0 Å². The second-order valence-corrected chi connectivity index (χ2v) is 7.26. The van der Waals surface area contributed by atoms with Crippen LogP contribution in [0.3, 0.4) is 0 Å². The molecule has 3 aromatic carbocycles. The third-order valence-corrected chi connectivity index (χ3v) is 5.04. The van der Waals surface area contributed by atoms with Crippen LogP contribution in [0.2, 0.25) is 0 Å². The minimum atomic E-state index is 1.14. The van der Waals surface area contributed by atoms with Crippen molar-refractivity contribution in [2.45, 2.75) is 72.6 Å². The summed E-state index contributed by atoms with van der Waals surface area (Å²) >= 11 is 0. The lowest BCUT2D eigenvalue weighted by Gasteiger charge is -2.02. The Hall–Kier alpha value is -2.34. The van der Waals surface area contributed by atoms with E-state index >= 15 is 0 Å². The van der Waals surface area contributed by atoms with E-state index < -0.39 is 0 Å². The van der Waals surface area contributed by atoms with Crippen molar-refractivity contribution in [1.29, 1.82) is 0 Å². The quantitative estimate of drug-likeness (QED) is 0.356. The lowest BCUT2D eigenvalue weighted by atomic mass is 10.0. The predicted molar refractivity (Wildman–Crippen MR) is 131 cm³/mol. The van der Waals surface area contributed by atoms with Crippen LogP contribution >= 0.6 is 0 Å². The van der Waals surface area contributed by atoms with Gasteiger partial charge in [0, 0.05) is 0 Å². The zero-order valence-corrected chi connectivity index (χ0v) is 19.0. The number of rotatable bonds is 7. The summed E-state index contributed by atoms with van der Waals surface area (Å²) in [4.78, 5) is 0. The number of unbranched alkanes of at least 4 members (excludes halogenated alkanes) is 2. The average molecular weight is 389 g/mol. The summed E-state index contributed by atoms with van der Waals surface area (Å²) < 4.78 is 0. The van der Waals surface area contributed by atoms with Crippen LogP contribution in [0.5, 0.6) is 0 Å². The second-order valence-electron chi connectivity index (χ2n) is 7.26. The van der Waals surface area contributed by atoms with Gasteiger partial charge >= 0.3 is 0 Å². The Bertz CT molecular complexity index is 705. The molecule has 3 aromatic rings. The first-order chi connectivity index (χ1) is 14.2. The summed E-state index contributed by atoms with van der Waals surface area (Å²) in [5, 5.41) is 0. The van der Waals surface area contributed by atoms with Gasteiger partial charge in [0.1, 0.15) is 0 Å². The molecule has 156 valence electrons. The van der Waals surface area contributed by atoms with Crippen molar-refractivity contribution in [3.63, 3.8) is 0 Å². The van der Waals surface area contributed by atoms with Gasteiger partial charge in [-0.3, -0.25) is 0 Å². The standard InChI is InChI=1S/C11H16.C10H14.C8H10/c1-2-3-5-8-11-9-6-4-7-10-11;1-3-9-7-5-6-8-10(9)4-2;1-2-8-6-4-3-5-7-8/h4,6-7,9-10H,2-3,5,8H2,1H3;5-8H,3-4H2,1-2H3;3-7H,2H2,1H3. The molecule has 0 radical (unpaired) electrons. The van der Waals surface area contributed by atoms with Gasteiger partial charge in [0.2, 0.25) is 0 Å². The van der Waals surface area contributed by atoms with E-state index in [1.54, 1.807) is 0 Å². The van der Waals surface area contributed by atoms with Crippen LogP contribution in [-0.4, -0.2) is 0 Å². The minimum Gasteiger partial charge on any atom is -0.0654 e. The molecular weight excluding hydrogens is 348 g/mol. The molecule has 29 heavy (non-hydrogen) atoms. The van der Waals surface area contributed by atoms with Gasteiger partial charge in [-0.2, -0.15) is 0 Å². The van der Waals surface area contributed by atoms with E-state index in [1.807, 2.05) is 6.07 Å². The molecule has 3 rings (SSSR count). The lowest BCUT2D eigenvalue weighted by Crippen LogP contribution is -1.88. The first kappa shape index (κ1) is 24.7. The number of aryl methyl sites for hydroxylation is 4. The zero-order chi connectivity index (χ0) is 21.2. The van der Waals surface area contributed by atoms with E-state index in [0.29, 0.717) is 0 Å². The molecule has 0 saturated carbocycles. The maximum absolute atomic E-state index is 2.24. The van der Waals surface area contributed by atoms with Gasteiger partial charge in [0.15, 0.2) is 0 Å². The molecule has 0 aliphatic rings. The molecule has 0 aliphatic carbocycles. The average Bonchev–Trinajstić information content (AvgIpc) is 2.81. The van der Waals surface area contributed by atoms with Crippen LogP contribution < -0.4 is 0 Å². The Kier molecular flexibility index (Phi) is 14.1. The van der Waals surface area contributed by atoms with E-state index in [2.05, 4.69) is 107 Å². The summed E-state index contributed by atoms with van der Waals surface area (Å²) in [5.41, 5.74) is 5.86. The SMILES string of the molecule is CCCCCc1ccccc1.CCc1ccccc1.CCc1ccccc1CC. The summed E-state index contributed by atoms with van der Waals surface area (Å²) in [6, 6.07) is 29.8. The fourth-order valence-electron chi connectivity index (χ4n) is 3.18. The van der Waals surface area contributed by atoms with Crippen molar-refractivity contribution >= 4 is 0 Å². The van der Waals surface area contributed by atoms with E-state index in [-0.39, 0.29) is 0 Å². The highest BCUT2D eigenvalue weighted by Crippen LogP contribution is 2.09. The molecule has 0 bridgehead atoms. The lowest BCUT2D eigenvalue weighted by molar-refractivity contribution is 0.717. The molecule has 0 nitrogen and oxygen atoms in total. The topological polar surface area (TPSA) is 0 Å². The summed E-state index contributed by atoms with van der Waals surface area (Å²) in [6.45, 7) is 8.81. The van der Waals surface area contributed by atoms with Gasteiger partial charge in [-0.05, 0) is 54.4 Å². The first-order valence-corrected chi connectivity index (χ1v) is 11.4. The molecule has 0 atom stereocenters. The van der Waals surface area contributed by atoms with Gasteiger partial charge in [-0.15, -0.1) is 0 Å². The largest absolute Gasteiger partial charge is 0.0654 e. The fourth-order valence-corrected chi connectivity index (χ4v) is 3.18. The van der Waals surface area contributed by atoms with Crippen molar-refractivity contribution in [2.75, 3.05) is 0 Å². The monoisotopic (exact) mass is 388 g/mol. The summed E-state index contributed by atoms with van der Waals surface area (Å²) in [6.07, 6.45) is 8.70. The second kappa shape index (κ2) is 16.6. The van der Waals surface area contributed by atoms with Crippen molar-refractivity contribution in [3.05, 3.63) is 107 Å². The van der Waals surface area contributed by atoms with Crippen molar-refractivity contribution in [3.8, 4) is 0 Å². The minimum absolute atomic E-state index is 1.14. The Labute approximate surface area is 180 Å². The maximum Gasteiger partial charge on any atom is -0.0279 e. The first-order valence-electron chi connectivity index (χ1n) is 11.4. The predicted octanol–water partition coefficient (Wildman–Crippen LogP) is 8.48. The van der Waals surface area contributed by atoms with E-state index in [9.17, 15) is 0 Å². The molecule has 0 heteroatoms. The van der Waals surface area contributed by atoms with Crippen LogP contribution in [0, 0.1) is 0 Å². The van der Waals surface area contributed by atoms with E-state index in [0.717, 1.165) is 19.3 Å². The molecule has 0 amide bonds. The highest BCUT2D eigenvalue weighted by molar-refractivity contribution is 5.26. The van der Waals surface area contributed by atoms with Crippen LogP contribution in [0.4, 0.5) is 0 Å². The van der Waals surface area contributed by atoms with E-state index in [1.165, 1.54) is 47.9 Å². The summed E-state index contributed by atoms with van der Waals surface area (Å²) in [7, 11) is 0. The van der Waals surface area contributed by atoms with Gasteiger partial charge in [0.25, 0.3) is 0 Å². The molecule has 0 aromatic heterocycles. The Morgan fingerprint density at radius 2 is 0.897 bits per heavy atom. The maximum atomic E-state index is 2.24. The van der Waals surface area contributed by atoms with Crippen LogP contribution in [0.25, 0.3) is 0 Å². The highest BCUT2D eigenvalue weighted by Gasteiger charge is 1.94. The molecule has 0 saturated heterocycles. The third kappa shape index (κ3) is 11.3. The van der Waals surface area contributed by atoms with Gasteiger partial charge in [-0.1, -0.05) is 125 Å². The molecule has 0 aliphatic heterocycles. The molecule has 0 spiro atoms. The molecule has 0 N–H and O–H groups in total. The highest BCUT2D eigenvalue weighted by atomic mass is 14.0. The van der Waals surface area contributed by atoms with Crippen molar-refractivity contribution in [2.24, 2.45) is 0 Å². The third-order valence-electron chi connectivity index (χ3n) is 5.04. The van der Waals surface area contributed by atoms with Crippen LogP contribution in [-0.2, 0) is 25.7 Å². The van der Waals surface area contributed by atoms with Crippen LogP contribution in [0.1, 0.15) is 69.2 Å². The van der Waals surface area contributed by atoms with Gasteiger partial charge in [-0.25, -0.2) is 0 Å². The summed E-state index contributed by atoms with van der Waals surface area (Å²) in [5.74, 6) is 0.